The van der Waals surface area contributed by atoms with Crippen molar-refractivity contribution in [1.29, 1.82) is 0 Å². The molecule has 0 fully saturated rings. The summed E-state index contributed by atoms with van der Waals surface area (Å²) >= 11 is 11.6. The second kappa shape index (κ2) is 7.76. The molecule has 9 heteroatoms. The van der Waals surface area contributed by atoms with E-state index in [-0.39, 0.29) is 15.6 Å². The van der Waals surface area contributed by atoms with Crippen LogP contribution in [0.25, 0.3) is 0 Å². The smallest absolute Gasteiger partial charge is 0.340 e. The summed E-state index contributed by atoms with van der Waals surface area (Å²) in [6, 6.07) is 5.58. The number of anilines is 1. The fraction of sp³-hybridized carbons (Fsp3) is 0.125. The van der Waals surface area contributed by atoms with Crippen LogP contribution < -0.4 is 5.32 Å². The van der Waals surface area contributed by atoms with Crippen molar-refractivity contribution in [1.82, 2.24) is 0 Å². The summed E-state index contributed by atoms with van der Waals surface area (Å²) in [6.07, 6.45) is -1.37. The maximum absolute atomic E-state index is 13.5. The minimum atomic E-state index is -1.73. The summed E-state index contributed by atoms with van der Waals surface area (Å²) < 4.78 is 44.5. The van der Waals surface area contributed by atoms with Crippen LogP contribution >= 0.6 is 23.2 Å². The Bertz CT molecular complexity index is 846. The number of rotatable bonds is 4. The standard InChI is InChI=1S/C16H10Cl2F3NO3/c1-7(25-16(24)9-6-8(17)2-3-10(9)18)15(23)22-12-5-4-11(19)13(20)14(12)21/h2-7H,1H3,(H,22,23). The molecule has 2 aromatic rings. The summed E-state index contributed by atoms with van der Waals surface area (Å²) in [5.41, 5.74) is -0.652. The van der Waals surface area contributed by atoms with Crippen molar-refractivity contribution in [3.05, 3.63) is 63.4 Å². The Morgan fingerprint density at radius 2 is 1.76 bits per heavy atom. The van der Waals surface area contributed by atoms with Crippen molar-refractivity contribution in [2.45, 2.75) is 13.0 Å². The van der Waals surface area contributed by atoms with Gasteiger partial charge in [-0.15, -0.1) is 0 Å². The first-order valence-electron chi connectivity index (χ1n) is 6.81. The molecule has 25 heavy (non-hydrogen) atoms. The van der Waals surface area contributed by atoms with Crippen molar-refractivity contribution in [3.8, 4) is 0 Å². The average Bonchev–Trinajstić information content (AvgIpc) is 2.57. The third-order valence-corrected chi connectivity index (χ3v) is 3.66. The molecular formula is C16H10Cl2F3NO3. The number of hydrogen-bond donors (Lipinski definition) is 1. The van der Waals surface area contributed by atoms with E-state index in [0.29, 0.717) is 6.07 Å². The molecule has 2 aromatic carbocycles. The minimum absolute atomic E-state index is 0.0622. The monoisotopic (exact) mass is 391 g/mol. The first-order chi connectivity index (χ1) is 11.7. The SMILES string of the molecule is CC(OC(=O)c1cc(Cl)ccc1Cl)C(=O)Nc1ccc(F)c(F)c1F. The molecule has 1 unspecified atom stereocenters. The zero-order valence-corrected chi connectivity index (χ0v) is 14.1. The molecule has 0 aromatic heterocycles. The summed E-state index contributed by atoms with van der Waals surface area (Å²) in [6.45, 7) is 1.21. The highest BCUT2D eigenvalue weighted by atomic mass is 35.5. The van der Waals surface area contributed by atoms with Gasteiger partial charge in [-0.2, -0.15) is 0 Å². The van der Waals surface area contributed by atoms with Gasteiger partial charge in [0.2, 0.25) is 0 Å². The normalized spacial score (nSPS) is 11.8. The largest absolute Gasteiger partial charge is 0.449 e. The molecule has 0 aliphatic heterocycles. The molecule has 132 valence electrons. The van der Waals surface area contributed by atoms with Crippen LogP contribution in [0.15, 0.2) is 30.3 Å². The second-order valence-electron chi connectivity index (χ2n) is 4.88. The van der Waals surface area contributed by atoms with Crippen LogP contribution in [0.3, 0.4) is 0 Å². The molecule has 1 atom stereocenters. The third kappa shape index (κ3) is 4.43. The van der Waals surface area contributed by atoms with E-state index in [9.17, 15) is 22.8 Å². The lowest BCUT2D eigenvalue weighted by Crippen LogP contribution is -2.30. The number of ether oxygens (including phenoxy) is 1. The highest BCUT2D eigenvalue weighted by Gasteiger charge is 2.23. The molecular weight excluding hydrogens is 382 g/mol. The van der Waals surface area contributed by atoms with Gasteiger partial charge in [-0.3, -0.25) is 4.79 Å². The molecule has 0 radical (unpaired) electrons. The Morgan fingerprint density at radius 1 is 1.08 bits per heavy atom. The highest BCUT2D eigenvalue weighted by Crippen LogP contribution is 2.23. The molecule has 4 nitrogen and oxygen atoms in total. The van der Waals surface area contributed by atoms with Gasteiger partial charge in [0.25, 0.3) is 5.91 Å². The van der Waals surface area contributed by atoms with E-state index < -0.39 is 41.1 Å². The van der Waals surface area contributed by atoms with Gasteiger partial charge in [0.1, 0.15) is 0 Å². The van der Waals surface area contributed by atoms with E-state index in [0.717, 1.165) is 6.07 Å². The zero-order valence-electron chi connectivity index (χ0n) is 12.6. The van der Waals surface area contributed by atoms with Gasteiger partial charge in [0.15, 0.2) is 23.6 Å². The Kier molecular flexibility index (Phi) is 5.92. The van der Waals surface area contributed by atoms with Gasteiger partial charge in [-0.1, -0.05) is 23.2 Å². The lowest BCUT2D eigenvalue weighted by molar-refractivity contribution is -0.123. The van der Waals surface area contributed by atoms with Gasteiger partial charge in [-0.05, 0) is 37.3 Å². The third-order valence-electron chi connectivity index (χ3n) is 3.09. The summed E-state index contributed by atoms with van der Waals surface area (Å²) in [5, 5.41) is 2.30. The maximum atomic E-state index is 13.5. The Labute approximate surface area is 150 Å². The second-order valence-corrected chi connectivity index (χ2v) is 5.73. The van der Waals surface area contributed by atoms with Gasteiger partial charge >= 0.3 is 5.97 Å². The number of hydrogen-bond acceptors (Lipinski definition) is 3. The van der Waals surface area contributed by atoms with Gasteiger partial charge < -0.3 is 10.1 Å². The van der Waals surface area contributed by atoms with E-state index in [2.05, 4.69) is 0 Å². The molecule has 0 saturated carbocycles. The predicted octanol–water partition coefficient (Wildman–Crippen LogP) is 4.59. The molecule has 0 heterocycles. The molecule has 2 rings (SSSR count). The average molecular weight is 392 g/mol. The summed E-state index contributed by atoms with van der Waals surface area (Å²) in [5.74, 6) is -6.57. The Balaban J connectivity index is 2.09. The first kappa shape index (κ1) is 19.1. The van der Waals surface area contributed by atoms with E-state index in [1.807, 2.05) is 5.32 Å². The van der Waals surface area contributed by atoms with Crippen molar-refractivity contribution in [2.24, 2.45) is 0 Å². The maximum Gasteiger partial charge on any atom is 0.340 e. The predicted molar refractivity (Wildman–Crippen MR) is 86.3 cm³/mol. The molecule has 0 aliphatic carbocycles. The zero-order chi connectivity index (χ0) is 18.7. The van der Waals surface area contributed by atoms with Crippen LogP contribution in [0.1, 0.15) is 17.3 Å². The fourth-order valence-electron chi connectivity index (χ4n) is 1.79. The number of carbonyl (C=O) groups is 2. The van der Waals surface area contributed by atoms with Gasteiger partial charge in [0.05, 0.1) is 16.3 Å². The molecule has 0 bridgehead atoms. The van der Waals surface area contributed by atoms with Gasteiger partial charge in [-0.25, -0.2) is 18.0 Å². The van der Waals surface area contributed by atoms with Crippen molar-refractivity contribution >= 4 is 40.8 Å². The van der Waals surface area contributed by atoms with Crippen molar-refractivity contribution < 1.29 is 27.5 Å². The highest BCUT2D eigenvalue weighted by molar-refractivity contribution is 6.35. The van der Waals surface area contributed by atoms with Crippen LogP contribution in [0.4, 0.5) is 18.9 Å². The van der Waals surface area contributed by atoms with E-state index in [1.165, 1.54) is 25.1 Å². The first-order valence-corrected chi connectivity index (χ1v) is 7.56. The molecule has 0 spiro atoms. The van der Waals surface area contributed by atoms with E-state index in [4.69, 9.17) is 27.9 Å². The number of nitrogens with one attached hydrogen (secondary N) is 1. The van der Waals surface area contributed by atoms with Crippen LogP contribution in [0, 0.1) is 17.5 Å². The number of benzene rings is 2. The van der Waals surface area contributed by atoms with Crippen molar-refractivity contribution in [3.63, 3.8) is 0 Å². The summed E-state index contributed by atoms with van der Waals surface area (Å²) in [7, 11) is 0. The Morgan fingerprint density at radius 3 is 2.44 bits per heavy atom. The van der Waals surface area contributed by atoms with Crippen LogP contribution in [0.2, 0.25) is 10.0 Å². The number of esters is 1. The fourth-order valence-corrected chi connectivity index (χ4v) is 2.16. The van der Waals surface area contributed by atoms with Crippen LogP contribution in [-0.2, 0) is 9.53 Å². The van der Waals surface area contributed by atoms with Gasteiger partial charge in [0, 0.05) is 5.02 Å². The molecule has 1 amide bonds. The Hall–Kier alpha value is -2.25. The topological polar surface area (TPSA) is 55.4 Å². The quantitative estimate of drug-likeness (QED) is 0.612. The van der Waals surface area contributed by atoms with E-state index >= 15 is 0 Å². The number of halogens is 5. The minimum Gasteiger partial charge on any atom is -0.449 e. The molecule has 0 saturated heterocycles. The summed E-state index contributed by atoms with van der Waals surface area (Å²) in [4.78, 5) is 24.0. The van der Waals surface area contributed by atoms with E-state index in [1.54, 1.807) is 0 Å². The lowest BCUT2D eigenvalue weighted by atomic mass is 10.2. The molecule has 1 N–H and O–H groups in total. The number of carbonyl (C=O) groups excluding carboxylic acids is 2. The van der Waals surface area contributed by atoms with Crippen LogP contribution in [-0.4, -0.2) is 18.0 Å². The lowest BCUT2D eigenvalue weighted by Gasteiger charge is -2.14. The number of amides is 1. The molecule has 0 aliphatic rings. The van der Waals surface area contributed by atoms with Crippen LogP contribution in [0.5, 0.6) is 0 Å². The van der Waals surface area contributed by atoms with Crippen molar-refractivity contribution in [2.75, 3.05) is 5.32 Å².